The highest BCUT2D eigenvalue weighted by molar-refractivity contribution is 5.71. The predicted molar refractivity (Wildman–Crippen MR) is 297 cm³/mol. The summed E-state index contributed by atoms with van der Waals surface area (Å²) in [4.78, 5) is 37.8. The third-order valence-corrected chi connectivity index (χ3v) is 12.4. The molecular formula is C63H108O6. The molecule has 6 nitrogen and oxygen atoms in total. The van der Waals surface area contributed by atoms with Gasteiger partial charge < -0.3 is 14.2 Å². The number of hydrogen-bond donors (Lipinski definition) is 0. The van der Waals surface area contributed by atoms with Crippen molar-refractivity contribution in [3.05, 3.63) is 85.1 Å². The Bertz CT molecular complexity index is 1330. The summed E-state index contributed by atoms with van der Waals surface area (Å²) in [5.74, 6) is -0.903. The van der Waals surface area contributed by atoms with E-state index in [0.29, 0.717) is 19.3 Å². The lowest BCUT2D eigenvalue weighted by Gasteiger charge is -2.18. The van der Waals surface area contributed by atoms with E-state index in [2.05, 4.69) is 106 Å². The van der Waals surface area contributed by atoms with E-state index in [1.165, 1.54) is 128 Å². The van der Waals surface area contributed by atoms with Gasteiger partial charge in [0.15, 0.2) is 6.10 Å². The van der Waals surface area contributed by atoms with Crippen molar-refractivity contribution in [1.29, 1.82) is 0 Å². The molecule has 0 heterocycles. The van der Waals surface area contributed by atoms with Crippen molar-refractivity contribution in [3.8, 4) is 0 Å². The third-order valence-electron chi connectivity index (χ3n) is 12.4. The number of ether oxygens (including phenoxy) is 3. The van der Waals surface area contributed by atoms with Crippen LogP contribution >= 0.6 is 0 Å². The molecular weight excluding hydrogens is 853 g/mol. The number of rotatable bonds is 52. The summed E-state index contributed by atoms with van der Waals surface area (Å²) < 4.78 is 16.7. The fourth-order valence-corrected chi connectivity index (χ4v) is 8.03. The Balaban J connectivity index is 4.11. The van der Waals surface area contributed by atoms with Crippen molar-refractivity contribution in [2.24, 2.45) is 0 Å². The molecule has 0 aliphatic rings. The maximum atomic E-state index is 12.8. The second kappa shape index (κ2) is 57.2. The standard InChI is InChI=1S/C63H108O6/c1-4-7-10-13-15-17-19-21-23-25-27-29-30-31-32-34-35-37-39-41-43-45-47-50-53-56-62(65)68-59-60(58-67-61(64)55-52-49-12-9-6-3)69-63(66)57-54-51-48-46-44-42-40-38-36-33-28-26-24-22-20-18-16-14-11-8-5-2/h8,11,16,18-19,21-22,24-25,27-28,30-31,33,60H,4-7,9-10,12-15,17,20,23,26,29,32,34-59H2,1-3H3/b11-8-,18-16-,21-19-,24-22-,27-25-,31-30-,33-28-. The molecule has 0 radical (unpaired) electrons. The first kappa shape index (κ1) is 65.6. The maximum absolute atomic E-state index is 12.8. The number of allylic oxidation sites excluding steroid dienone is 14. The zero-order valence-corrected chi connectivity index (χ0v) is 45.3. The average Bonchev–Trinajstić information content (AvgIpc) is 3.35. The van der Waals surface area contributed by atoms with Gasteiger partial charge in [0.2, 0.25) is 0 Å². The van der Waals surface area contributed by atoms with Gasteiger partial charge >= 0.3 is 17.9 Å². The largest absolute Gasteiger partial charge is 0.462 e. The van der Waals surface area contributed by atoms with Crippen LogP contribution in [0.1, 0.15) is 278 Å². The molecule has 0 rings (SSSR count). The number of esters is 3. The van der Waals surface area contributed by atoms with Gasteiger partial charge in [-0.1, -0.05) is 247 Å². The number of unbranched alkanes of at least 4 members (excludes halogenated alkanes) is 27. The highest BCUT2D eigenvalue weighted by atomic mass is 16.6. The van der Waals surface area contributed by atoms with Gasteiger partial charge in [-0.15, -0.1) is 0 Å². The molecule has 6 heteroatoms. The van der Waals surface area contributed by atoms with Gasteiger partial charge in [-0.3, -0.25) is 14.4 Å². The lowest BCUT2D eigenvalue weighted by Crippen LogP contribution is -2.30. The van der Waals surface area contributed by atoms with E-state index < -0.39 is 6.10 Å². The van der Waals surface area contributed by atoms with Crippen LogP contribution in [0.25, 0.3) is 0 Å². The van der Waals surface area contributed by atoms with Gasteiger partial charge in [0, 0.05) is 19.3 Å². The smallest absolute Gasteiger partial charge is 0.306 e. The zero-order valence-electron chi connectivity index (χ0n) is 45.3. The molecule has 0 N–H and O–H groups in total. The Morgan fingerprint density at radius 3 is 0.884 bits per heavy atom. The number of carbonyl (C=O) groups is 3. The molecule has 0 aromatic carbocycles. The van der Waals surface area contributed by atoms with Crippen LogP contribution < -0.4 is 0 Å². The van der Waals surface area contributed by atoms with Crippen LogP contribution in [-0.2, 0) is 28.6 Å². The van der Waals surface area contributed by atoms with Crippen molar-refractivity contribution >= 4 is 17.9 Å². The van der Waals surface area contributed by atoms with Crippen molar-refractivity contribution in [1.82, 2.24) is 0 Å². The Morgan fingerprint density at radius 1 is 0.304 bits per heavy atom. The van der Waals surface area contributed by atoms with Crippen molar-refractivity contribution in [3.63, 3.8) is 0 Å². The SMILES string of the molecule is CC/C=C\C/C=C\C/C=C\C/C=C\CCCCCCCCCCC(=O)OC(COC(=O)CCCCCCC)COC(=O)CCCCCCCCCCCC/C=C\C/C=C\C/C=C\CCCCCCC. The van der Waals surface area contributed by atoms with E-state index in [-0.39, 0.29) is 31.1 Å². The molecule has 0 saturated heterocycles. The first-order chi connectivity index (χ1) is 34.0. The lowest BCUT2D eigenvalue weighted by molar-refractivity contribution is -0.167. The summed E-state index contributed by atoms with van der Waals surface area (Å²) in [6, 6.07) is 0. The van der Waals surface area contributed by atoms with E-state index in [4.69, 9.17) is 14.2 Å². The van der Waals surface area contributed by atoms with Gasteiger partial charge in [0.05, 0.1) is 0 Å². The van der Waals surface area contributed by atoms with Gasteiger partial charge in [0.25, 0.3) is 0 Å². The molecule has 0 saturated carbocycles. The predicted octanol–water partition coefficient (Wildman–Crippen LogP) is 19.5. The van der Waals surface area contributed by atoms with Gasteiger partial charge in [-0.05, 0) is 96.3 Å². The zero-order chi connectivity index (χ0) is 50.0. The van der Waals surface area contributed by atoms with Crippen LogP contribution in [0.15, 0.2) is 85.1 Å². The molecule has 1 atom stereocenters. The maximum Gasteiger partial charge on any atom is 0.306 e. The van der Waals surface area contributed by atoms with Crippen LogP contribution in [0.5, 0.6) is 0 Å². The van der Waals surface area contributed by atoms with E-state index in [0.717, 1.165) is 109 Å². The Kier molecular flexibility index (Phi) is 54.3. The molecule has 1 unspecified atom stereocenters. The van der Waals surface area contributed by atoms with E-state index >= 15 is 0 Å². The monoisotopic (exact) mass is 961 g/mol. The second-order valence-corrected chi connectivity index (χ2v) is 19.2. The van der Waals surface area contributed by atoms with Crippen LogP contribution in [0, 0.1) is 0 Å². The van der Waals surface area contributed by atoms with Crippen LogP contribution in [0.2, 0.25) is 0 Å². The minimum atomic E-state index is -0.779. The molecule has 0 aromatic heterocycles. The van der Waals surface area contributed by atoms with E-state index in [1.807, 2.05) is 0 Å². The molecule has 0 aliphatic heterocycles. The second-order valence-electron chi connectivity index (χ2n) is 19.2. The fourth-order valence-electron chi connectivity index (χ4n) is 8.03. The molecule has 0 spiro atoms. The summed E-state index contributed by atoms with van der Waals surface area (Å²) >= 11 is 0. The quantitative estimate of drug-likeness (QED) is 0.0262. The van der Waals surface area contributed by atoms with Crippen molar-refractivity contribution < 1.29 is 28.6 Å². The third kappa shape index (κ3) is 55.4. The van der Waals surface area contributed by atoms with E-state index in [1.54, 1.807) is 0 Å². The molecule has 0 aromatic rings. The number of carbonyl (C=O) groups excluding carboxylic acids is 3. The van der Waals surface area contributed by atoms with E-state index in [9.17, 15) is 14.4 Å². The summed E-state index contributed by atoms with van der Waals surface area (Å²) in [7, 11) is 0. The molecule has 0 bridgehead atoms. The summed E-state index contributed by atoms with van der Waals surface area (Å²) in [6.45, 7) is 6.43. The van der Waals surface area contributed by atoms with Gasteiger partial charge in [-0.2, -0.15) is 0 Å². The van der Waals surface area contributed by atoms with Crippen LogP contribution in [-0.4, -0.2) is 37.2 Å². The Morgan fingerprint density at radius 2 is 0.565 bits per heavy atom. The van der Waals surface area contributed by atoms with Crippen molar-refractivity contribution in [2.45, 2.75) is 284 Å². The summed E-state index contributed by atoms with van der Waals surface area (Å²) in [5.41, 5.74) is 0. The molecule has 0 fully saturated rings. The summed E-state index contributed by atoms with van der Waals surface area (Å²) in [5, 5.41) is 0. The topological polar surface area (TPSA) is 78.9 Å². The minimum Gasteiger partial charge on any atom is -0.462 e. The Labute approximate surface area is 426 Å². The van der Waals surface area contributed by atoms with Gasteiger partial charge in [-0.25, -0.2) is 0 Å². The van der Waals surface area contributed by atoms with Crippen molar-refractivity contribution in [2.75, 3.05) is 13.2 Å². The molecule has 0 amide bonds. The lowest BCUT2D eigenvalue weighted by atomic mass is 10.1. The van der Waals surface area contributed by atoms with Crippen LogP contribution in [0.3, 0.4) is 0 Å². The normalized spacial score (nSPS) is 12.7. The molecule has 396 valence electrons. The first-order valence-corrected chi connectivity index (χ1v) is 29.1. The highest BCUT2D eigenvalue weighted by Crippen LogP contribution is 2.15. The Hall–Kier alpha value is -3.41. The summed E-state index contributed by atoms with van der Waals surface area (Å²) in [6.07, 6.45) is 74.8. The minimum absolute atomic E-state index is 0.0816. The molecule has 69 heavy (non-hydrogen) atoms. The number of hydrogen-bond acceptors (Lipinski definition) is 6. The molecule has 0 aliphatic carbocycles. The average molecular weight is 962 g/mol. The van der Waals surface area contributed by atoms with Crippen LogP contribution in [0.4, 0.5) is 0 Å². The highest BCUT2D eigenvalue weighted by Gasteiger charge is 2.19. The fraction of sp³-hybridized carbons (Fsp3) is 0.730. The first-order valence-electron chi connectivity index (χ1n) is 29.1. The van der Waals surface area contributed by atoms with Gasteiger partial charge in [0.1, 0.15) is 13.2 Å².